The normalized spacial score (nSPS) is 17.0. The monoisotopic (exact) mass is 410 g/mol. The van der Waals surface area contributed by atoms with Crippen LogP contribution in [0.15, 0.2) is 34.0 Å². The van der Waals surface area contributed by atoms with Crippen molar-refractivity contribution in [2.75, 3.05) is 13.1 Å². The maximum Gasteiger partial charge on any atom is 0.263 e. The molecule has 1 saturated heterocycles. The van der Waals surface area contributed by atoms with Gasteiger partial charge in [-0.25, -0.2) is 4.98 Å². The van der Waals surface area contributed by atoms with Crippen LogP contribution in [-0.4, -0.2) is 34.6 Å². The van der Waals surface area contributed by atoms with E-state index in [1.54, 1.807) is 11.3 Å². The molecule has 0 saturated carbocycles. The summed E-state index contributed by atoms with van der Waals surface area (Å²) >= 11 is 3.05. The van der Waals surface area contributed by atoms with Gasteiger partial charge in [0.1, 0.15) is 11.4 Å². The minimum atomic E-state index is -0.161. The summed E-state index contributed by atoms with van der Waals surface area (Å²) in [5.74, 6) is -0.148. The Bertz CT molecular complexity index is 945. The number of nitrogens with zero attached hydrogens (tertiary/aromatic N) is 2. The zero-order valence-electron chi connectivity index (χ0n) is 13.9. The Labute approximate surface area is 164 Å². The van der Waals surface area contributed by atoms with Crippen molar-refractivity contribution in [1.29, 1.82) is 0 Å². The molecule has 0 unspecified atom stereocenters. The Morgan fingerprint density at radius 3 is 3.04 bits per heavy atom. The van der Waals surface area contributed by atoms with Crippen molar-refractivity contribution >= 4 is 51.2 Å². The molecule has 0 radical (unpaired) electrons. The highest BCUT2D eigenvalue weighted by Gasteiger charge is 2.18. The smallest absolute Gasteiger partial charge is 0.263 e. The number of nitrogens with one attached hydrogen (secondary N) is 2. The second-order valence-corrected chi connectivity index (χ2v) is 7.90. The maximum atomic E-state index is 12.9. The zero-order valence-corrected chi connectivity index (χ0v) is 16.4. The summed E-state index contributed by atoms with van der Waals surface area (Å²) < 4.78 is 1.40. The molecule has 1 aliphatic heterocycles. The van der Waals surface area contributed by atoms with Crippen LogP contribution in [0, 0.1) is 0 Å². The lowest BCUT2D eigenvalue weighted by atomic mass is 10.1. The Balaban J connectivity index is 0.00000196. The second-order valence-electron chi connectivity index (χ2n) is 6.10. The molecule has 0 aliphatic carbocycles. The van der Waals surface area contributed by atoms with Gasteiger partial charge in [-0.2, -0.15) is 0 Å². The molecule has 3 aromatic rings. The molecule has 6 nitrogen and oxygen atoms in total. The molecule has 0 bridgehead atoms. The first-order valence-electron chi connectivity index (χ1n) is 8.23. The van der Waals surface area contributed by atoms with Gasteiger partial charge in [0.05, 0.1) is 11.7 Å². The Hall–Kier alpha value is -1.74. The van der Waals surface area contributed by atoms with E-state index >= 15 is 0 Å². The first kappa shape index (κ1) is 19.0. The molecule has 4 heterocycles. The third kappa shape index (κ3) is 3.83. The summed E-state index contributed by atoms with van der Waals surface area (Å²) in [6.07, 6.45) is 3.49. The summed E-state index contributed by atoms with van der Waals surface area (Å²) in [5, 5.41) is 10.8. The summed E-state index contributed by atoms with van der Waals surface area (Å²) in [4.78, 5) is 31.3. The number of hydrogen-bond acceptors (Lipinski definition) is 6. The first-order valence-corrected chi connectivity index (χ1v) is 9.99. The molecule has 4 rings (SSSR count). The lowest BCUT2D eigenvalue weighted by molar-refractivity contribution is -0.122. The van der Waals surface area contributed by atoms with Gasteiger partial charge in [0.15, 0.2) is 0 Å². The number of carbonyl (C=O) groups is 1. The summed E-state index contributed by atoms with van der Waals surface area (Å²) in [6.45, 7) is 1.78. The number of carbonyl (C=O) groups excluding carboxylic acids is 1. The molecular formula is C17H19ClN4O2S2. The molecule has 1 atom stereocenters. The summed E-state index contributed by atoms with van der Waals surface area (Å²) in [5.41, 5.74) is 0.741. The van der Waals surface area contributed by atoms with Gasteiger partial charge in [-0.1, -0.05) is 6.07 Å². The number of fused-ring (bicyclic) bond motifs is 1. The fourth-order valence-corrected chi connectivity index (χ4v) is 4.82. The number of piperidine rings is 1. The molecule has 1 aliphatic rings. The predicted octanol–water partition coefficient (Wildman–Crippen LogP) is 2.48. The van der Waals surface area contributed by atoms with E-state index in [0.29, 0.717) is 10.2 Å². The standard InChI is InChI=1S/C17H18N4O2S2.ClH/c22-14(20-11-3-1-5-18-7-11)8-21-10-19-16-15(17(21)23)12(9-25-16)13-4-2-6-24-13;/h2,4,6,9-11,18H,1,3,5,7-8H2,(H,20,22);1H/t11-;/m0./s1. The summed E-state index contributed by atoms with van der Waals surface area (Å²) in [6, 6.07) is 4.09. The molecule has 9 heteroatoms. The zero-order chi connectivity index (χ0) is 17.2. The highest BCUT2D eigenvalue weighted by molar-refractivity contribution is 7.18. The van der Waals surface area contributed by atoms with Gasteiger partial charge >= 0.3 is 0 Å². The van der Waals surface area contributed by atoms with E-state index in [1.165, 1.54) is 22.2 Å². The number of thiophene rings is 2. The number of amides is 1. The van der Waals surface area contributed by atoms with Crippen LogP contribution in [0.4, 0.5) is 0 Å². The van der Waals surface area contributed by atoms with E-state index < -0.39 is 0 Å². The Morgan fingerprint density at radius 1 is 1.42 bits per heavy atom. The fraction of sp³-hybridized carbons (Fsp3) is 0.353. The van der Waals surface area contributed by atoms with Gasteiger partial charge in [-0.15, -0.1) is 35.1 Å². The van der Waals surface area contributed by atoms with Crippen molar-refractivity contribution in [1.82, 2.24) is 20.2 Å². The number of halogens is 1. The third-order valence-electron chi connectivity index (χ3n) is 4.32. The molecular weight excluding hydrogens is 392 g/mol. The van der Waals surface area contributed by atoms with Crippen LogP contribution in [0.3, 0.4) is 0 Å². The quantitative estimate of drug-likeness (QED) is 0.692. The van der Waals surface area contributed by atoms with Crippen LogP contribution in [0.1, 0.15) is 12.8 Å². The minimum absolute atomic E-state index is 0. The van der Waals surface area contributed by atoms with Gasteiger partial charge in [-0.3, -0.25) is 14.2 Å². The van der Waals surface area contributed by atoms with Crippen molar-refractivity contribution < 1.29 is 4.79 Å². The van der Waals surface area contributed by atoms with Crippen LogP contribution >= 0.6 is 35.1 Å². The lowest BCUT2D eigenvalue weighted by Gasteiger charge is -2.23. The summed E-state index contributed by atoms with van der Waals surface area (Å²) in [7, 11) is 0. The molecule has 3 aromatic heterocycles. The molecule has 26 heavy (non-hydrogen) atoms. The van der Waals surface area contributed by atoms with E-state index in [4.69, 9.17) is 0 Å². The van der Waals surface area contributed by atoms with Gasteiger partial charge < -0.3 is 10.6 Å². The molecule has 138 valence electrons. The number of aromatic nitrogens is 2. The van der Waals surface area contributed by atoms with E-state index in [2.05, 4.69) is 15.6 Å². The van der Waals surface area contributed by atoms with E-state index in [-0.39, 0.29) is 36.5 Å². The Morgan fingerprint density at radius 2 is 2.31 bits per heavy atom. The predicted molar refractivity (Wildman–Crippen MR) is 108 cm³/mol. The van der Waals surface area contributed by atoms with E-state index in [9.17, 15) is 9.59 Å². The van der Waals surface area contributed by atoms with Gasteiger partial charge in [-0.05, 0) is 30.8 Å². The Kier molecular flexibility index (Phi) is 6.08. The van der Waals surface area contributed by atoms with Crippen molar-refractivity contribution in [3.8, 4) is 10.4 Å². The molecule has 2 N–H and O–H groups in total. The van der Waals surface area contributed by atoms with Crippen molar-refractivity contribution in [2.45, 2.75) is 25.4 Å². The molecule has 0 aromatic carbocycles. The lowest BCUT2D eigenvalue weighted by Crippen LogP contribution is -2.47. The average molecular weight is 411 g/mol. The fourth-order valence-electron chi connectivity index (χ4n) is 3.10. The largest absolute Gasteiger partial charge is 0.351 e. The highest BCUT2D eigenvalue weighted by atomic mass is 35.5. The van der Waals surface area contributed by atoms with Crippen molar-refractivity contribution in [3.05, 3.63) is 39.6 Å². The average Bonchev–Trinajstić information content (AvgIpc) is 3.27. The van der Waals surface area contributed by atoms with Crippen molar-refractivity contribution in [2.24, 2.45) is 0 Å². The SMILES string of the molecule is Cl.O=C(Cn1cnc2scc(-c3cccs3)c2c1=O)N[C@H]1CCCNC1. The number of rotatable bonds is 4. The topological polar surface area (TPSA) is 76.0 Å². The first-order chi connectivity index (χ1) is 12.2. The van der Waals surface area contributed by atoms with Crippen LogP contribution < -0.4 is 16.2 Å². The van der Waals surface area contributed by atoms with Crippen LogP contribution in [0.2, 0.25) is 0 Å². The van der Waals surface area contributed by atoms with Gasteiger partial charge in [0.25, 0.3) is 5.56 Å². The third-order valence-corrected chi connectivity index (χ3v) is 6.11. The molecule has 0 spiro atoms. The molecule has 1 amide bonds. The van der Waals surface area contributed by atoms with E-state index in [0.717, 1.165) is 36.4 Å². The highest BCUT2D eigenvalue weighted by Crippen LogP contribution is 2.33. The van der Waals surface area contributed by atoms with Gasteiger partial charge in [0.2, 0.25) is 5.91 Å². The van der Waals surface area contributed by atoms with Crippen LogP contribution in [0.25, 0.3) is 20.7 Å². The van der Waals surface area contributed by atoms with Gasteiger partial charge in [0, 0.05) is 28.4 Å². The van der Waals surface area contributed by atoms with Crippen LogP contribution in [-0.2, 0) is 11.3 Å². The second kappa shape index (κ2) is 8.30. The minimum Gasteiger partial charge on any atom is -0.351 e. The number of hydrogen-bond donors (Lipinski definition) is 2. The van der Waals surface area contributed by atoms with E-state index in [1.807, 2.05) is 22.9 Å². The van der Waals surface area contributed by atoms with Crippen molar-refractivity contribution in [3.63, 3.8) is 0 Å². The van der Waals surface area contributed by atoms with Crippen LogP contribution in [0.5, 0.6) is 0 Å². The molecule has 1 fully saturated rings. The maximum absolute atomic E-state index is 12.9.